The molecule has 0 aliphatic heterocycles. The number of hydrogen-bond acceptors (Lipinski definition) is 5. The van der Waals surface area contributed by atoms with E-state index < -0.39 is 0 Å². The largest absolute Gasteiger partial charge is 0.455 e. The van der Waals surface area contributed by atoms with Gasteiger partial charge in [0, 0.05) is 7.11 Å². The molecule has 1 fully saturated rings. The maximum Gasteiger partial charge on any atom is 0.350 e. The highest BCUT2D eigenvalue weighted by Gasteiger charge is 2.31. The fourth-order valence-corrected chi connectivity index (χ4v) is 3.13. The highest BCUT2D eigenvalue weighted by Crippen LogP contribution is 2.26. The molecule has 1 heterocycles. The van der Waals surface area contributed by atoms with E-state index in [2.05, 4.69) is 11.9 Å². The van der Waals surface area contributed by atoms with Crippen LogP contribution in [0.1, 0.15) is 47.3 Å². The molecule has 2 rings (SSSR count). The van der Waals surface area contributed by atoms with Crippen molar-refractivity contribution in [2.24, 2.45) is 0 Å². The number of nitrogens with zero attached hydrogens (tertiary/aromatic N) is 1. The van der Waals surface area contributed by atoms with E-state index >= 15 is 0 Å². The molecule has 1 aliphatic rings. The first kappa shape index (κ1) is 13.5. The Morgan fingerprint density at radius 1 is 1.50 bits per heavy atom. The molecule has 0 saturated heterocycles. The number of methoxy groups -OCH3 is 1. The minimum atomic E-state index is -0.260. The smallest absolute Gasteiger partial charge is 0.350 e. The normalized spacial score (nSPS) is 23.2. The number of hydrogen-bond donors (Lipinski definition) is 0. The second kappa shape index (κ2) is 6.29. The first-order valence-corrected chi connectivity index (χ1v) is 7.24. The van der Waals surface area contributed by atoms with Crippen LogP contribution in [0.2, 0.25) is 0 Å². The van der Waals surface area contributed by atoms with Crippen molar-refractivity contribution in [3.05, 3.63) is 16.1 Å². The summed E-state index contributed by atoms with van der Waals surface area (Å²) in [6, 6.07) is 0. The molecule has 2 unspecified atom stereocenters. The standard InChI is InChI=1S/C13H19NO3S/c1-3-5-12-14-8-11(18-12)13(15)17-10-7-4-6-9(10)16-2/h8-10H,3-7H2,1-2H3. The summed E-state index contributed by atoms with van der Waals surface area (Å²) in [4.78, 5) is 16.8. The molecule has 0 bridgehead atoms. The molecular formula is C13H19NO3S. The van der Waals surface area contributed by atoms with Crippen molar-refractivity contribution >= 4 is 17.3 Å². The van der Waals surface area contributed by atoms with Crippen LogP contribution in [-0.2, 0) is 15.9 Å². The van der Waals surface area contributed by atoms with Crippen molar-refractivity contribution in [1.82, 2.24) is 4.98 Å². The molecule has 0 spiro atoms. The van der Waals surface area contributed by atoms with Crippen molar-refractivity contribution in [2.45, 2.75) is 51.2 Å². The molecule has 2 atom stereocenters. The quantitative estimate of drug-likeness (QED) is 0.771. The Hall–Kier alpha value is -0.940. The highest BCUT2D eigenvalue weighted by atomic mass is 32.1. The molecule has 0 aromatic carbocycles. The van der Waals surface area contributed by atoms with E-state index in [0.29, 0.717) is 4.88 Å². The van der Waals surface area contributed by atoms with Gasteiger partial charge in [0.25, 0.3) is 0 Å². The molecule has 1 aromatic rings. The van der Waals surface area contributed by atoms with Gasteiger partial charge in [-0.25, -0.2) is 9.78 Å². The van der Waals surface area contributed by atoms with Gasteiger partial charge < -0.3 is 9.47 Å². The first-order chi connectivity index (χ1) is 8.74. The van der Waals surface area contributed by atoms with Gasteiger partial charge in [-0.05, 0) is 32.1 Å². The van der Waals surface area contributed by atoms with Crippen molar-refractivity contribution in [3.8, 4) is 0 Å². The molecule has 1 aromatic heterocycles. The summed E-state index contributed by atoms with van der Waals surface area (Å²) < 4.78 is 10.8. The van der Waals surface area contributed by atoms with Crippen LogP contribution in [0.5, 0.6) is 0 Å². The summed E-state index contributed by atoms with van der Waals surface area (Å²) in [7, 11) is 1.67. The maximum atomic E-state index is 12.0. The summed E-state index contributed by atoms with van der Waals surface area (Å²) in [5.74, 6) is -0.260. The van der Waals surface area contributed by atoms with E-state index in [0.717, 1.165) is 37.1 Å². The summed E-state index contributed by atoms with van der Waals surface area (Å²) in [6.45, 7) is 2.10. The second-order valence-electron chi connectivity index (χ2n) is 4.52. The van der Waals surface area contributed by atoms with Gasteiger partial charge in [0.15, 0.2) is 0 Å². The number of rotatable bonds is 5. The number of carbonyl (C=O) groups excluding carboxylic acids is 1. The Labute approximate surface area is 111 Å². The lowest BCUT2D eigenvalue weighted by atomic mass is 10.2. The Bertz CT molecular complexity index is 405. The van der Waals surface area contributed by atoms with E-state index in [1.54, 1.807) is 13.3 Å². The van der Waals surface area contributed by atoms with Crippen molar-refractivity contribution in [3.63, 3.8) is 0 Å². The Balaban J connectivity index is 1.94. The maximum absolute atomic E-state index is 12.0. The van der Waals surface area contributed by atoms with Gasteiger partial charge in [0.1, 0.15) is 11.0 Å². The lowest BCUT2D eigenvalue weighted by molar-refractivity contribution is -0.0203. The van der Waals surface area contributed by atoms with Crippen LogP contribution in [0, 0.1) is 0 Å². The minimum absolute atomic E-state index is 0.0528. The third-order valence-electron chi connectivity index (χ3n) is 3.17. The monoisotopic (exact) mass is 269 g/mol. The molecule has 0 amide bonds. The molecule has 4 nitrogen and oxygen atoms in total. The number of thiazole rings is 1. The van der Waals surface area contributed by atoms with Gasteiger partial charge in [-0.1, -0.05) is 6.92 Å². The third kappa shape index (κ3) is 3.09. The summed E-state index contributed by atoms with van der Waals surface area (Å²) >= 11 is 1.43. The minimum Gasteiger partial charge on any atom is -0.455 e. The zero-order valence-electron chi connectivity index (χ0n) is 10.8. The summed E-state index contributed by atoms with van der Waals surface area (Å²) in [6.07, 6.45) is 6.45. The van der Waals surface area contributed by atoms with Crippen LogP contribution in [-0.4, -0.2) is 30.3 Å². The predicted octanol–water partition coefficient (Wildman–Crippen LogP) is 2.82. The van der Waals surface area contributed by atoms with Gasteiger partial charge in [-0.3, -0.25) is 0 Å². The fraction of sp³-hybridized carbons (Fsp3) is 0.692. The van der Waals surface area contributed by atoms with Gasteiger partial charge >= 0.3 is 5.97 Å². The van der Waals surface area contributed by atoms with Gasteiger partial charge in [0.05, 0.1) is 17.3 Å². The Morgan fingerprint density at radius 3 is 3.00 bits per heavy atom. The van der Waals surface area contributed by atoms with E-state index in [-0.39, 0.29) is 18.2 Å². The lowest BCUT2D eigenvalue weighted by Crippen LogP contribution is -2.27. The van der Waals surface area contributed by atoms with Crippen LogP contribution in [0.15, 0.2) is 6.20 Å². The summed E-state index contributed by atoms with van der Waals surface area (Å²) in [5, 5.41) is 0.999. The predicted molar refractivity (Wildman–Crippen MR) is 70.0 cm³/mol. The number of ether oxygens (including phenoxy) is 2. The fourth-order valence-electron chi connectivity index (χ4n) is 2.23. The van der Waals surface area contributed by atoms with Crippen LogP contribution in [0.3, 0.4) is 0 Å². The third-order valence-corrected chi connectivity index (χ3v) is 4.21. The van der Waals surface area contributed by atoms with Crippen molar-refractivity contribution < 1.29 is 14.3 Å². The number of carbonyl (C=O) groups is 1. The van der Waals surface area contributed by atoms with Crippen molar-refractivity contribution in [2.75, 3.05) is 7.11 Å². The van der Waals surface area contributed by atoms with Gasteiger partial charge in [-0.2, -0.15) is 0 Å². The molecular weight excluding hydrogens is 250 g/mol. The van der Waals surface area contributed by atoms with Crippen molar-refractivity contribution in [1.29, 1.82) is 0 Å². The highest BCUT2D eigenvalue weighted by molar-refractivity contribution is 7.13. The number of aromatic nitrogens is 1. The van der Waals surface area contributed by atoms with Crippen LogP contribution in [0.25, 0.3) is 0 Å². The molecule has 100 valence electrons. The molecule has 18 heavy (non-hydrogen) atoms. The molecule has 0 N–H and O–H groups in total. The zero-order valence-corrected chi connectivity index (χ0v) is 11.7. The molecule has 1 saturated carbocycles. The average molecular weight is 269 g/mol. The van der Waals surface area contributed by atoms with Crippen LogP contribution < -0.4 is 0 Å². The van der Waals surface area contributed by atoms with Crippen LogP contribution in [0.4, 0.5) is 0 Å². The molecule has 0 radical (unpaired) electrons. The zero-order chi connectivity index (χ0) is 13.0. The van der Waals surface area contributed by atoms with E-state index in [1.165, 1.54) is 11.3 Å². The Morgan fingerprint density at radius 2 is 2.28 bits per heavy atom. The summed E-state index contributed by atoms with van der Waals surface area (Å²) in [5.41, 5.74) is 0. The average Bonchev–Trinajstić information content (AvgIpc) is 2.98. The van der Waals surface area contributed by atoms with Gasteiger partial charge in [0.2, 0.25) is 0 Å². The number of esters is 1. The van der Waals surface area contributed by atoms with Gasteiger partial charge in [-0.15, -0.1) is 11.3 Å². The molecule has 5 heteroatoms. The van der Waals surface area contributed by atoms with Crippen LogP contribution >= 0.6 is 11.3 Å². The molecule has 1 aliphatic carbocycles. The lowest BCUT2D eigenvalue weighted by Gasteiger charge is -2.17. The SMILES string of the molecule is CCCc1ncc(C(=O)OC2CCCC2OC)s1. The second-order valence-corrected chi connectivity index (χ2v) is 5.63. The van der Waals surface area contributed by atoms with E-state index in [4.69, 9.17) is 9.47 Å². The Kier molecular flexibility index (Phi) is 4.72. The first-order valence-electron chi connectivity index (χ1n) is 6.43. The van der Waals surface area contributed by atoms with E-state index in [9.17, 15) is 4.79 Å². The van der Waals surface area contributed by atoms with E-state index in [1.807, 2.05) is 0 Å². The topological polar surface area (TPSA) is 48.4 Å². The number of aryl methyl sites for hydroxylation is 1.